The fraction of sp³-hybridized carbons (Fsp3) is 0.375. The molecule has 0 amide bonds. The molecular weight excluding hydrogens is 323 g/mol. The molecular formula is C8H3BrF7N. The Balaban J connectivity index is 3.41. The van der Waals surface area contributed by atoms with Crippen molar-refractivity contribution < 1.29 is 30.7 Å². The van der Waals surface area contributed by atoms with Crippen molar-refractivity contribution >= 4 is 15.9 Å². The highest BCUT2D eigenvalue weighted by Crippen LogP contribution is 2.52. The molecule has 17 heavy (non-hydrogen) atoms. The van der Waals surface area contributed by atoms with Crippen LogP contribution in [0.2, 0.25) is 0 Å². The number of halogens is 8. The van der Waals surface area contributed by atoms with E-state index in [0.717, 1.165) is 6.07 Å². The van der Waals surface area contributed by atoms with Gasteiger partial charge in [0.15, 0.2) is 0 Å². The molecule has 9 heteroatoms. The van der Waals surface area contributed by atoms with Crippen LogP contribution < -0.4 is 0 Å². The summed E-state index contributed by atoms with van der Waals surface area (Å²) in [5.74, 6) is 0. The number of alkyl halides is 7. The van der Waals surface area contributed by atoms with Crippen LogP contribution in [0.15, 0.2) is 22.9 Å². The zero-order valence-corrected chi connectivity index (χ0v) is 9.29. The van der Waals surface area contributed by atoms with Gasteiger partial charge in [-0.1, -0.05) is 6.07 Å². The summed E-state index contributed by atoms with van der Waals surface area (Å²) in [6.07, 6.45) is -12.0. The van der Waals surface area contributed by atoms with Crippen molar-refractivity contribution in [3.8, 4) is 0 Å². The van der Waals surface area contributed by atoms with E-state index in [-0.39, 0.29) is 10.8 Å². The third-order valence-electron chi connectivity index (χ3n) is 1.91. The van der Waals surface area contributed by atoms with Crippen molar-refractivity contribution in [2.24, 2.45) is 0 Å². The Morgan fingerprint density at radius 2 is 1.35 bits per heavy atom. The topological polar surface area (TPSA) is 12.9 Å². The second-order valence-corrected chi connectivity index (χ2v) is 3.84. The zero-order valence-electron chi connectivity index (χ0n) is 7.70. The Bertz CT molecular complexity index is 380. The standard InChI is InChI=1S/C8H3BrF7N/c9-5-2-1-4(3-17-5)6(10,7(11,12)13)8(14,15)16/h1-3H. The molecule has 1 rings (SSSR count). The summed E-state index contributed by atoms with van der Waals surface area (Å²) < 4.78 is 86.9. The summed E-state index contributed by atoms with van der Waals surface area (Å²) >= 11 is 2.72. The van der Waals surface area contributed by atoms with Gasteiger partial charge in [0.05, 0.1) is 0 Å². The second kappa shape index (κ2) is 4.11. The van der Waals surface area contributed by atoms with Gasteiger partial charge in [-0.25, -0.2) is 9.37 Å². The van der Waals surface area contributed by atoms with E-state index < -0.39 is 23.6 Å². The van der Waals surface area contributed by atoms with Gasteiger partial charge in [0.25, 0.3) is 0 Å². The molecule has 0 bridgehead atoms. The van der Waals surface area contributed by atoms with Gasteiger partial charge < -0.3 is 0 Å². The predicted octanol–water partition coefficient (Wildman–Crippen LogP) is 4.13. The smallest absolute Gasteiger partial charge is 0.249 e. The van der Waals surface area contributed by atoms with E-state index >= 15 is 0 Å². The SMILES string of the molecule is FC(F)(F)C(F)(c1ccc(Br)nc1)C(F)(F)F. The molecule has 0 fully saturated rings. The minimum atomic E-state index is -6.11. The van der Waals surface area contributed by atoms with Crippen LogP contribution in [0.5, 0.6) is 0 Å². The van der Waals surface area contributed by atoms with Gasteiger partial charge in [-0.3, -0.25) is 0 Å². The molecule has 1 heterocycles. The first kappa shape index (κ1) is 14.2. The van der Waals surface area contributed by atoms with Crippen LogP contribution in [0.3, 0.4) is 0 Å². The summed E-state index contributed by atoms with van der Waals surface area (Å²) in [4.78, 5) is 3.15. The molecule has 1 aromatic rings. The lowest BCUT2D eigenvalue weighted by atomic mass is 9.96. The van der Waals surface area contributed by atoms with Crippen LogP contribution in [-0.2, 0) is 5.67 Å². The highest BCUT2D eigenvalue weighted by atomic mass is 79.9. The van der Waals surface area contributed by atoms with E-state index in [1.807, 2.05) is 0 Å². The van der Waals surface area contributed by atoms with E-state index in [0.29, 0.717) is 6.07 Å². The van der Waals surface area contributed by atoms with Crippen molar-refractivity contribution in [2.75, 3.05) is 0 Å². The number of aromatic nitrogens is 1. The summed E-state index contributed by atoms with van der Waals surface area (Å²) in [6.45, 7) is 0. The Labute approximate surface area is 98.8 Å². The Morgan fingerprint density at radius 1 is 0.882 bits per heavy atom. The Hall–Kier alpha value is -0.860. The third kappa shape index (κ3) is 2.38. The maximum absolute atomic E-state index is 13.4. The van der Waals surface area contributed by atoms with Crippen molar-refractivity contribution in [2.45, 2.75) is 18.0 Å². The molecule has 1 aromatic heterocycles. The molecule has 1 nitrogen and oxygen atoms in total. The molecule has 0 N–H and O–H groups in total. The van der Waals surface area contributed by atoms with E-state index in [1.54, 1.807) is 0 Å². The van der Waals surface area contributed by atoms with Gasteiger partial charge in [0, 0.05) is 11.8 Å². The third-order valence-corrected chi connectivity index (χ3v) is 2.38. The molecule has 0 aliphatic carbocycles. The first-order chi connectivity index (χ1) is 7.50. The highest BCUT2D eigenvalue weighted by molar-refractivity contribution is 9.10. The number of hydrogen-bond acceptors (Lipinski definition) is 1. The molecule has 0 spiro atoms. The number of pyridine rings is 1. The minimum absolute atomic E-state index is 0.00653. The molecule has 0 unspecified atom stereocenters. The van der Waals surface area contributed by atoms with Gasteiger partial charge in [0.2, 0.25) is 0 Å². The molecule has 96 valence electrons. The zero-order chi connectivity index (χ0) is 13.5. The lowest BCUT2D eigenvalue weighted by molar-refractivity contribution is -0.348. The fourth-order valence-electron chi connectivity index (χ4n) is 1.07. The van der Waals surface area contributed by atoms with Crippen molar-refractivity contribution in [1.82, 2.24) is 4.98 Å². The predicted molar refractivity (Wildman–Crippen MR) is 46.8 cm³/mol. The maximum atomic E-state index is 13.4. The van der Waals surface area contributed by atoms with Gasteiger partial charge >= 0.3 is 18.0 Å². The number of rotatable bonds is 1. The molecule has 0 aliphatic rings. The van der Waals surface area contributed by atoms with Crippen LogP contribution in [0.25, 0.3) is 0 Å². The quantitative estimate of drug-likeness (QED) is 0.558. The van der Waals surface area contributed by atoms with E-state index in [2.05, 4.69) is 20.9 Å². The summed E-state index contributed by atoms with van der Waals surface area (Å²) in [5.41, 5.74) is -7.03. The molecule has 0 saturated heterocycles. The Morgan fingerprint density at radius 3 is 1.65 bits per heavy atom. The largest absolute Gasteiger partial charge is 0.436 e. The Kier molecular flexibility index (Phi) is 3.43. The summed E-state index contributed by atoms with van der Waals surface area (Å²) in [7, 11) is 0. The van der Waals surface area contributed by atoms with Crippen LogP contribution in [0.4, 0.5) is 30.7 Å². The minimum Gasteiger partial charge on any atom is -0.249 e. The number of hydrogen-bond donors (Lipinski definition) is 0. The average molecular weight is 326 g/mol. The van der Waals surface area contributed by atoms with Crippen LogP contribution in [-0.4, -0.2) is 17.3 Å². The van der Waals surface area contributed by atoms with E-state index in [1.165, 1.54) is 0 Å². The molecule has 0 radical (unpaired) electrons. The van der Waals surface area contributed by atoms with E-state index in [9.17, 15) is 30.7 Å². The average Bonchev–Trinajstić information content (AvgIpc) is 2.14. The maximum Gasteiger partial charge on any atom is 0.436 e. The lowest BCUT2D eigenvalue weighted by Crippen LogP contribution is -2.50. The summed E-state index contributed by atoms with van der Waals surface area (Å²) in [5, 5.41) is 0. The van der Waals surface area contributed by atoms with Crippen molar-refractivity contribution in [3.05, 3.63) is 28.5 Å². The monoisotopic (exact) mass is 325 g/mol. The van der Waals surface area contributed by atoms with E-state index in [4.69, 9.17) is 0 Å². The number of nitrogens with zero attached hydrogens (tertiary/aromatic N) is 1. The van der Waals surface area contributed by atoms with Gasteiger partial charge in [0.1, 0.15) is 4.60 Å². The molecule has 0 aromatic carbocycles. The van der Waals surface area contributed by atoms with Crippen molar-refractivity contribution in [3.63, 3.8) is 0 Å². The van der Waals surface area contributed by atoms with Crippen LogP contribution in [0, 0.1) is 0 Å². The fourth-order valence-corrected chi connectivity index (χ4v) is 1.30. The van der Waals surface area contributed by atoms with Gasteiger partial charge in [-0.2, -0.15) is 26.3 Å². The van der Waals surface area contributed by atoms with Gasteiger partial charge in [-0.15, -0.1) is 0 Å². The second-order valence-electron chi connectivity index (χ2n) is 3.02. The normalized spacial score (nSPS) is 13.9. The summed E-state index contributed by atoms with van der Waals surface area (Å²) in [6, 6.07) is 1.17. The highest BCUT2D eigenvalue weighted by Gasteiger charge is 2.73. The van der Waals surface area contributed by atoms with Gasteiger partial charge in [-0.05, 0) is 22.0 Å². The molecule has 0 saturated carbocycles. The lowest BCUT2D eigenvalue weighted by Gasteiger charge is -2.29. The first-order valence-corrected chi connectivity index (χ1v) is 4.74. The van der Waals surface area contributed by atoms with Crippen LogP contribution in [0.1, 0.15) is 5.56 Å². The van der Waals surface area contributed by atoms with Crippen molar-refractivity contribution in [1.29, 1.82) is 0 Å². The first-order valence-electron chi connectivity index (χ1n) is 3.94. The molecule has 0 atom stereocenters. The van der Waals surface area contributed by atoms with Crippen LogP contribution >= 0.6 is 15.9 Å². The molecule has 0 aliphatic heterocycles.